The van der Waals surface area contributed by atoms with Gasteiger partial charge in [0.25, 0.3) is 0 Å². The van der Waals surface area contributed by atoms with E-state index < -0.39 is 0 Å². The average molecular weight is 174 g/mol. The molecule has 0 saturated carbocycles. The van der Waals surface area contributed by atoms with Crippen molar-refractivity contribution in [2.24, 2.45) is 5.92 Å². The number of Topliss-reactive ketones (excluding diaryl/α,β-unsaturated/α-hetero) is 1. The molecule has 0 saturated heterocycles. The van der Waals surface area contributed by atoms with Gasteiger partial charge in [0.15, 0.2) is 0 Å². The topological polar surface area (TPSA) is 17.1 Å². The summed E-state index contributed by atoms with van der Waals surface area (Å²) in [5.74, 6) is 0.970. The van der Waals surface area contributed by atoms with Crippen molar-refractivity contribution in [3.8, 4) is 0 Å². The Labute approximate surface area is 78.6 Å². The van der Waals surface area contributed by atoms with Crippen molar-refractivity contribution in [1.82, 2.24) is 0 Å². The first kappa shape index (κ1) is 17.7. The van der Waals surface area contributed by atoms with E-state index in [0.29, 0.717) is 11.7 Å². The van der Waals surface area contributed by atoms with Gasteiger partial charge in [-0.15, -0.1) is 0 Å². The molecule has 1 heteroatoms. The van der Waals surface area contributed by atoms with E-state index in [9.17, 15) is 4.79 Å². The largest absolute Gasteiger partial charge is 0.300 e. The van der Waals surface area contributed by atoms with E-state index in [0.717, 1.165) is 12.8 Å². The highest BCUT2D eigenvalue weighted by Crippen LogP contribution is 2.02. The van der Waals surface area contributed by atoms with Crippen LogP contribution in [0.1, 0.15) is 61.3 Å². The van der Waals surface area contributed by atoms with Gasteiger partial charge in [-0.05, 0) is 19.3 Å². The number of carbonyl (C=O) groups is 1. The summed E-state index contributed by atoms with van der Waals surface area (Å²) in [7, 11) is 0. The molecule has 0 atom stereocenters. The highest BCUT2D eigenvalue weighted by Gasteiger charge is 1.95. The van der Waals surface area contributed by atoms with Crippen molar-refractivity contribution in [2.45, 2.75) is 61.3 Å². The van der Waals surface area contributed by atoms with Crippen LogP contribution in [0, 0.1) is 5.92 Å². The summed E-state index contributed by atoms with van der Waals surface area (Å²) in [6.07, 6.45) is 1.78. The molecule has 0 aromatic heterocycles. The fourth-order valence-corrected chi connectivity index (χ4v) is 0.492. The average Bonchev–Trinajstić information content (AvgIpc) is 2.08. The van der Waals surface area contributed by atoms with Gasteiger partial charge < -0.3 is 4.79 Å². The van der Waals surface area contributed by atoms with Crippen molar-refractivity contribution in [3.63, 3.8) is 0 Å². The summed E-state index contributed by atoms with van der Waals surface area (Å²) in [5, 5.41) is 0. The maximum absolute atomic E-state index is 10.3. The predicted octanol–water partition coefficient (Wildman–Crippen LogP) is 4.06. The van der Waals surface area contributed by atoms with Gasteiger partial charge in [-0.25, -0.2) is 0 Å². The highest BCUT2D eigenvalue weighted by atomic mass is 16.1. The lowest BCUT2D eigenvalue weighted by atomic mass is 10.1. The van der Waals surface area contributed by atoms with Crippen LogP contribution in [0.15, 0.2) is 0 Å². The van der Waals surface area contributed by atoms with Gasteiger partial charge in [0.2, 0.25) is 0 Å². The minimum atomic E-state index is 0.304. The van der Waals surface area contributed by atoms with Gasteiger partial charge in [0.05, 0.1) is 0 Å². The number of rotatable bonds is 3. The maximum atomic E-state index is 10.3. The predicted molar refractivity (Wildman–Crippen MR) is 57.4 cm³/mol. The summed E-state index contributed by atoms with van der Waals surface area (Å²) in [5.41, 5.74) is 0. The van der Waals surface area contributed by atoms with Crippen molar-refractivity contribution in [2.75, 3.05) is 0 Å². The molecule has 0 amide bonds. The van der Waals surface area contributed by atoms with E-state index in [1.807, 2.05) is 27.7 Å². The Kier molecular flexibility index (Phi) is 25.0. The Balaban J connectivity index is -0.000000175. The number of hydrogen-bond acceptors (Lipinski definition) is 1. The van der Waals surface area contributed by atoms with Crippen molar-refractivity contribution in [1.29, 1.82) is 0 Å². The van der Waals surface area contributed by atoms with Gasteiger partial charge in [0.1, 0.15) is 5.78 Å². The van der Waals surface area contributed by atoms with Crippen molar-refractivity contribution < 1.29 is 4.79 Å². The first-order chi connectivity index (χ1) is 5.63. The van der Waals surface area contributed by atoms with Crippen LogP contribution in [-0.2, 0) is 4.79 Å². The van der Waals surface area contributed by atoms with Crippen LogP contribution in [0.3, 0.4) is 0 Å². The first-order valence-electron chi connectivity index (χ1n) is 5.12. The smallest absolute Gasteiger partial charge is 0.129 e. The molecule has 1 nitrogen and oxygen atoms in total. The molecular weight excluding hydrogens is 148 g/mol. The summed E-state index contributed by atoms with van der Waals surface area (Å²) < 4.78 is 0. The summed E-state index contributed by atoms with van der Waals surface area (Å²) in [6.45, 7) is 13.9. The molecule has 0 aliphatic carbocycles. The van der Waals surface area contributed by atoms with Crippen LogP contribution < -0.4 is 0 Å². The van der Waals surface area contributed by atoms with Crippen molar-refractivity contribution >= 4 is 5.78 Å². The van der Waals surface area contributed by atoms with Gasteiger partial charge in [0, 0.05) is 6.42 Å². The van der Waals surface area contributed by atoms with E-state index in [4.69, 9.17) is 0 Å². The number of ketones is 1. The van der Waals surface area contributed by atoms with E-state index in [-0.39, 0.29) is 0 Å². The molecule has 0 unspecified atom stereocenters. The first-order valence-corrected chi connectivity index (χ1v) is 5.12. The molecule has 0 N–H and O–H groups in total. The molecule has 0 bridgehead atoms. The minimum Gasteiger partial charge on any atom is -0.300 e. The molecule has 0 aliphatic heterocycles. The molecule has 0 fully saturated rings. The molecule has 0 aromatic rings. The van der Waals surface area contributed by atoms with Gasteiger partial charge in [-0.2, -0.15) is 0 Å². The Hall–Kier alpha value is -0.330. The molecular formula is C11H26O. The van der Waals surface area contributed by atoms with E-state index in [1.165, 1.54) is 0 Å². The third-order valence-electron chi connectivity index (χ3n) is 1.07. The third kappa shape index (κ3) is 33.3. The Morgan fingerprint density at radius 2 is 1.42 bits per heavy atom. The fraction of sp³-hybridized carbons (Fsp3) is 0.909. The van der Waals surface area contributed by atoms with Crippen LogP contribution >= 0.6 is 0 Å². The van der Waals surface area contributed by atoms with Crippen LogP contribution in [0.2, 0.25) is 0 Å². The monoisotopic (exact) mass is 174 g/mol. The van der Waals surface area contributed by atoms with Crippen LogP contribution in [0.4, 0.5) is 0 Å². The van der Waals surface area contributed by atoms with Crippen LogP contribution in [0.25, 0.3) is 0 Å². The quantitative estimate of drug-likeness (QED) is 0.630. The molecule has 0 rings (SSSR count). The zero-order valence-electron chi connectivity index (χ0n) is 9.90. The molecule has 12 heavy (non-hydrogen) atoms. The molecule has 0 aromatic carbocycles. The standard InChI is InChI=1S/C7H14O.2C2H6/c1-6(2)4-5-7(3)8;2*1-2/h6H,4-5H2,1-3H3;2*1-2H3. The third-order valence-corrected chi connectivity index (χ3v) is 1.07. The minimum absolute atomic E-state index is 0.304. The van der Waals surface area contributed by atoms with Gasteiger partial charge >= 0.3 is 0 Å². The zero-order valence-corrected chi connectivity index (χ0v) is 9.90. The highest BCUT2D eigenvalue weighted by molar-refractivity contribution is 5.75. The fourth-order valence-electron chi connectivity index (χ4n) is 0.492. The summed E-state index contributed by atoms with van der Waals surface area (Å²) in [6, 6.07) is 0. The zero-order chi connectivity index (χ0) is 10.6. The molecule has 0 radical (unpaired) electrons. The second kappa shape index (κ2) is 17.0. The van der Waals surface area contributed by atoms with E-state index in [1.54, 1.807) is 6.92 Å². The van der Waals surface area contributed by atoms with Gasteiger partial charge in [-0.1, -0.05) is 41.5 Å². The lowest BCUT2D eigenvalue weighted by molar-refractivity contribution is -0.117. The Morgan fingerprint density at radius 1 is 1.08 bits per heavy atom. The second-order valence-corrected chi connectivity index (χ2v) is 2.63. The normalized spacial score (nSPS) is 7.67. The van der Waals surface area contributed by atoms with E-state index >= 15 is 0 Å². The second-order valence-electron chi connectivity index (χ2n) is 2.63. The summed E-state index contributed by atoms with van der Waals surface area (Å²) in [4.78, 5) is 10.3. The lowest BCUT2D eigenvalue weighted by Gasteiger charge is -1.98. The van der Waals surface area contributed by atoms with Crippen molar-refractivity contribution in [3.05, 3.63) is 0 Å². The molecule has 76 valence electrons. The lowest BCUT2D eigenvalue weighted by Crippen LogP contribution is -1.93. The van der Waals surface area contributed by atoms with E-state index in [2.05, 4.69) is 13.8 Å². The van der Waals surface area contributed by atoms with Gasteiger partial charge in [-0.3, -0.25) is 0 Å². The molecule has 0 spiro atoms. The number of carbonyl (C=O) groups excluding carboxylic acids is 1. The van der Waals surface area contributed by atoms with Crippen LogP contribution in [0.5, 0.6) is 0 Å². The number of hydrogen-bond donors (Lipinski definition) is 0. The molecule has 0 aliphatic rings. The van der Waals surface area contributed by atoms with Crippen LogP contribution in [-0.4, -0.2) is 5.78 Å². The summed E-state index contributed by atoms with van der Waals surface area (Å²) >= 11 is 0. The Morgan fingerprint density at radius 3 is 1.50 bits per heavy atom. The SMILES string of the molecule is CC.CC.CC(=O)CCC(C)C. The maximum Gasteiger partial charge on any atom is 0.129 e. The Bertz CT molecular complexity index is 75.1. The molecule has 0 heterocycles.